The van der Waals surface area contributed by atoms with E-state index in [4.69, 9.17) is 4.74 Å². The Bertz CT molecular complexity index is 540. The van der Waals surface area contributed by atoms with Gasteiger partial charge in [-0.3, -0.25) is 14.5 Å². The van der Waals surface area contributed by atoms with Gasteiger partial charge in [0.05, 0.1) is 13.2 Å². The van der Waals surface area contributed by atoms with Gasteiger partial charge in [-0.25, -0.2) is 0 Å². The first kappa shape index (κ1) is 18.4. The van der Waals surface area contributed by atoms with Crippen molar-refractivity contribution in [2.45, 2.75) is 20.4 Å². The molecular formula is C18H27N3O3. The highest BCUT2D eigenvalue weighted by atomic mass is 16.5. The Hall–Kier alpha value is -1.92. The molecule has 1 aromatic carbocycles. The van der Waals surface area contributed by atoms with Crippen LogP contribution in [0.1, 0.15) is 19.4 Å². The van der Waals surface area contributed by atoms with Crippen molar-refractivity contribution >= 4 is 11.8 Å². The van der Waals surface area contributed by atoms with E-state index in [2.05, 4.69) is 15.5 Å². The molecule has 0 aliphatic carbocycles. The van der Waals surface area contributed by atoms with Crippen LogP contribution in [-0.4, -0.2) is 56.1 Å². The molecule has 132 valence electrons. The maximum absolute atomic E-state index is 12.3. The van der Waals surface area contributed by atoms with E-state index in [-0.39, 0.29) is 11.8 Å². The highest BCUT2D eigenvalue weighted by Crippen LogP contribution is 2.15. The number of benzene rings is 1. The van der Waals surface area contributed by atoms with E-state index in [1.165, 1.54) is 0 Å². The second-order valence-corrected chi connectivity index (χ2v) is 6.50. The summed E-state index contributed by atoms with van der Waals surface area (Å²) in [6.45, 7) is 8.28. The Morgan fingerprint density at radius 2 is 1.71 bits per heavy atom. The van der Waals surface area contributed by atoms with E-state index in [1.807, 2.05) is 30.3 Å². The lowest BCUT2D eigenvalue weighted by Crippen LogP contribution is -2.49. The summed E-state index contributed by atoms with van der Waals surface area (Å²) in [6, 6.07) is 9.65. The molecule has 0 unspecified atom stereocenters. The number of rotatable bonds is 7. The van der Waals surface area contributed by atoms with Gasteiger partial charge in [0.25, 0.3) is 0 Å². The lowest BCUT2D eigenvalue weighted by Gasteiger charge is -2.27. The zero-order valence-corrected chi connectivity index (χ0v) is 14.5. The molecule has 1 fully saturated rings. The van der Waals surface area contributed by atoms with Crippen molar-refractivity contribution in [2.75, 3.05) is 39.4 Å². The predicted molar refractivity (Wildman–Crippen MR) is 92.3 cm³/mol. The minimum Gasteiger partial charge on any atom is -0.379 e. The highest BCUT2D eigenvalue weighted by molar-refractivity contribution is 6.04. The molecule has 0 radical (unpaired) electrons. The standard InChI is InChI=1S/C18H27N3O3/c1-18(2,17(23)20-14-15-6-4-3-5-7-15)16(22)19-8-9-21-10-12-24-13-11-21/h3-7H,8-14H2,1-2H3,(H,19,22)(H,20,23). The minimum atomic E-state index is -1.10. The number of carbonyl (C=O) groups excluding carboxylic acids is 2. The molecule has 0 aromatic heterocycles. The van der Waals surface area contributed by atoms with Crippen LogP contribution < -0.4 is 10.6 Å². The number of nitrogens with one attached hydrogen (secondary N) is 2. The molecule has 1 heterocycles. The van der Waals surface area contributed by atoms with Crippen molar-refractivity contribution in [1.82, 2.24) is 15.5 Å². The molecule has 1 aliphatic heterocycles. The lowest BCUT2D eigenvalue weighted by molar-refractivity contribution is -0.141. The summed E-state index contributed by atoms with van der Waals surface area (Å²) in [5.41, 5.74) is -0.0887. The number of amides is 2. The average molecular weight is 333 g/mol. The van der Waals surface area contributed by atoms with E-state index in [0.29, 0.717) is 13.1 Å². The Morgan fingerprint density at radius 1 is 1.08 bits per heavy atom. The fourth-order valence-corrected chi connectivity index (χ4v) is 2.48. The van der Waals surface area contributed by atoms with Crippen molar-refractivity contribution in [2.24, 2.45) is 5.41 Å². The summed E-state index contributed by atoms with van der Waals surface area (Å²) < 4.78 is 5.29. The number of morpholine rings is 1. The predicted octanol–water partition coefficient (Wildman–Crippen LogP) is 0.777. The molecule has 6 heteroatoms. The second-order valence-electron chi connectivity index (χ2n) is 6.50. The summed E-state index contributed by atoms with van der Waals surface area (Å²) in [5.74, 6) is -0.517. The molecule has 0 bridgehead atoms. The van der Waals surface area contributed by atoms with Crippen LogP contribution in [0.4, 0.5) is 0 Å². The zero-order chi connectivity index (χ0) is 17.4. The Morgan fingerprint density at radius 3 is 2.38 bits per heavy atom. The Balaban J connectivity index is 1.74. The maximum Gasteiger partial charge on any atom is 0.235 e. The van der Waals surface area contributed by atoms with Crippen LogP contribution in [0.15, 0.2) is 30.3 Å². The summed E-state index contributed by atoms with van der Waals surface area (Å²) in [6.07, 6.45) is 0. The molecule has 1 aromatic rings. The summed E-state index contributed by atoms with van der Waals surface area (Å²) >= 11 is 0. The maximum atomic E-state index is 12.3. The Labute approximate surface area is 143 Å². The topological polar surface area (TPSA) is 70.7 Å². The molecule has 1 aliphatic rings. The molecule has 1 saturated heterocycles. The van der Waals surface area contributed by atoms with E-state index < -0.39 is 5.41 Å². The third kappa shape index (κ3) is 5.32. The Kier molecular flexibility index (Phi) is 6.75. The van der Waals surface area contributed by atoms with Gasteiger partial charge in [-0.05, 0) is 19.4 Å². The van der Waals surface area contributed by atoms with Gasteiger partial charge in [-0.2, -0.15) is 0 Å². The monoisotopic (exact) mass is 333 g/mol. The van der Waals surface area contributed by atoms with Gasteiger partial charge < -0.3 is 15.4 Å². The molecule has 2 N–H and O–H groups in total. The van der Waals surface area contributed by atoms with Crippen LogP contribution >= 0.6 is 0 Å². The van der Waals surface area contributed by atoms with E-state index in [0.717, 1.165) is 38.4 Å². The molecule has 6 nitrogen and oxygen atoms in total. The van der Waals surface area contributed by atoms with Gasteiger partial charge in [-0.15, -0.1) is 0 Å². The van der Waals surface area contributed by atoms with Crippen molar-refractivity contribution in [3.05, 3.63) is 35.9 Å². The first-order chi connectivity index (χ1) is 11.5. The van der Waals surface area contributed by atoms with E-state index >= 15 is 0 Å². The molecule has 2 amide bonds. The third-order valence-electron chi connectivity index (χ3n) is 4.25. The number of ether oxygens (including phenoxy) is 1. The van der Waals surface area contributed by atoms with Crippen LogP contribution in [-0.2, 0) is 20.9 Å². The molecule has 24 heavy (non-hydrogen) atoms. The quantitative estimate of drug-likeness (QED) is 0.724. The molecule has 0 atom stereocenters. The summed E-state index contributed by atoms with van der Waals surface area (Å²) in [7, 11) is 0. The summed E-state index contributed by atoms with van der Waals surface area (Å²) in [4.78, 5) is 26.9. The largest absolute Gasteiger partial charge is 0.379 e. The zero-order valence-electron chi connectivity index (χ0n) is 14.5. The van der Waals surface area contributed by atoms with Crippen LogP contribution in [0.5, 0.6) is 0 Å². The minimum absolute atomic E-state index is 0.249. The van der Waals surface area contributed by atoms with E-state index in [1.54, 1.807) is 13.8 Å². The van der Waals surface area contributed by atoms with Crippen molar-refractivity contribution < 1.29 is 14.3 Å². The molecule has 0 saturated carbocycles. The SMILES string of the molecule is CC(C)(C(=O)NCCN1CCOCC1)C(=O)NCc1ccccc1. The van der Waals surface area contributed by atoms with Gasteiger partial charge in [0.2, 0.25) is 11.8 Å². The van der Waals surface area contributed by atoms with Crippen LogP contribution in [0.25, 0.3) is 0 Å². The first-order valence-electron chi connectivity index (χ1n) is 8.41. The van der Waals surface area contributed by atoms with Crippen LogP contribution in [0.3, 0.4) is 0 Å². The molecule has 2 rings (SSSR count). The van der Waals surface area contributed by atoms with Crippen molar-refractivity contribution in [3.8, 4) is 0 Å². The first-order valence-corrected chi connectivity index (χ1v) is 8.41. The average Bonchev–Trinajstić information content (AvgIpc) is 2.61. The van der Waals surface area contributed by atoms with Crippen LogP contribution in [0.2, 0.25) is 0 Å². The lowest BCUT2D eigenvalue weighted by atomic mass is 9.91. The fraction of sp³-hybridized carbons (Fsp3) is 0.556. The highest BCUT2D eigenvalue weighted by Gasteiger charge is 2.35. The molecular weight excluding hydrogens is 306 g/mol. The van der Waals surface area contributed by atoms with Gasteiger partial charge in [-0.1, -0.05) is 30.3 Å². The summed E-state index contributed by atoms with van der Waals surface area (Å²) in [5, 5.41) is 5.70. The number of nitrogens with zero attached hydrogens (tertiary/aromatic N) is 1. The fourth-order valence-electron chi connectivity index (χ4n) is 2.48. The number of hydrogen-bond acceptors (Lipinski definition) is 4. The third-order valence-corrected chi connectivity index (χ3v) is 4.25. The van der Waals surface area contributed by atoms with Crippen LogP contribution in [0, 0.1) is 5.41 Å². The van der Waals surface area contributed by atoms with E-state index in [9.17, 15) is 9.59 Å². The number of hydrogen-bond donors (Lipinski definition) is 2. The van der Waals surface area contributed by atoms with Gasteiger partial charge in [0.15, 0.2) is 0 Å². The molecule has 0 spiro atoms. The van der Waals surface area contributed by atoms with Crippen molar-refractivity contribution in [3.63, 3.8) is 0 Å². The van der Waals surface area contributed by atoms with Gasteiger partial charge in [0, 0.05) is 32.7 Å². The second kappa shape index (κ2) is 8.80. The van der Waals surface area contributed by atoms with Crippen molar-refractivity contribution in [1.29, 1.82) is 0 Å². The smallest absolute Gasteiger partial charge is 0.235 e. The van der Waals surface area contributed by atoms with Gasteiger partial charge in [0.1, 0.15) is 5.41 Å². The number of carbonyl (C=O) groups is 2. The van der Waals surface area contributed by atoms with Gasteiger partial charge >= 0.3 is 0 Å². The normalized spacial score (nSPS) is 15.8.